The van der Waals surface area contributed by atoms with Crippen molar-refractivity contribution in [3.8, 4) is 0 Å². The van der Waals surface area contributed by atoms with Crippen LogP contribution in [-0.2, 0) is 0 Å². The van der Waals surface area contributed by atoms with Gasteiger partial charge in [-0.3, -0.25) is 0 Å². The molecule has 2 rings (SSSR count). The predicted octanol–water partition coefficient (Wildman–Crippen LogP) is 2.09. The Labute approximate surface area is 110 Å². The molecule has 0 spiro atoms. The molecule has 5 atom stereocenters. The summed E-state index contributed by atoms with van der Waals surface area (Å²) in [6.45, 7) is 8.02. The Kier molecular flexibility index (Phi) is 3.33. The fourth-order valence-electron chi connectivity index (χ4n) is 4.14. The molecule has 0 saturated heterocycles. The van der Waals surface area contributed by atoms with Crippen LogP contribution in [0, 0.1) is 17.3 Å². The molecule has 0 bridgehead atoms. The molecular formula is C15H28O3. The van der Waals surface area contributed by atoms with Crippen molar-refractivity contribution in [2.24, 2.45) is 17.3 Å². The Morgan fingerprint density at radius 3 is 2.22 bits per heavy atom. The van der Waals surface area contributed by atoms with Crippen molar-refractivity contribution >= 4 is 0 Å². The van der Waals surface area contributed by atoms with Crippen LogP contribution in [0.4, 0.5) is 0 Å². The average molecular weight is 256 g/mol. The second-order valence-electron chi connectivity index (χ2n) is 7.43. The highest BCUT2D eigenvalue weighted by atomic mass is 16.3. The molecule has 3 N–H and O–H groups in total. The lowest BCUT2D eigenvalue weighted by molar-refractivity contribution is -0.208. The fourth-order valence-corrected chi connectivity index (χ4v) is 4.14. The van der Waals surface area contributed by atoms with E-state index in [9.17, 15) is 15.3 Å². The number of aliphatic hydroxyl groups is 3. The molecule has 106 valence electrons. The summed E-state index contributed by atoms with van der Waals surface area (Å²) in [5.74, 6) is 0.173. The summed E-state index contributed by atoms with van der Waals surface area (Å²) >= 11 is 0. The molecule has 0 radical (unpaired) electrons. The van der Waals surface area contributed by atoms with E-state index in [0.717, 1.165) is 12.8 Å². The smallest absolute Gasteiger partial charge is 0.0674 e. The second kappa shape index (κ2) is 4.19. The topological polar surface area (TPSA) is 60.7 Å². The number of hydrogen-bond acceptors (Lipinski definition) is 3. The van der Waals surface area contributed by atoms with E-state index in [1.165, 1.54) is 0 Å². The van der Waals surface area contributed by atoms with Crippen LogP contribution in [0.25, 0.3) is 0 Å². The normalized spacial score (nSPS) is 53.3. The minimum atomic E-state index is -0.767. The van der Waals surface area contributed by atoms with Gasteiger partial charge in [-0.2, -0.15) is 0 Å². The van der Waals surface area contributed by atoms with Crippen molar-refractivity contribution in [1.82, 2.24) is 0 Å². The first kappa shape index (κ1) is 14.3. The molecule has 2 aliphatic rings. The Balaban J connectivity index is 2.32. The van der Waals surface area contributed by atoms with Crippen LogP contribution in [0.2, 0.25) is 0 Å². The third kappa shape index (κ3) is 2.00. The SMILES string of the molecule is CC(C)[C@]1(O)CC[C@@]2(C)[C@H](O)CC[C@](C)(O)[C@H]2C1. The summed E-state index contributed by atoms with van der Waals surface area (Å²) in [4.78, 5) is 0. The van der Waals surface area contributed by atoms with Gasteiger partial charge in [0.2, 0.25) is 0 Å². The van der Waals surface area contributed by atoms with E-state index in [1.807, 2.05) is 20.8 Å². The number of fused-ring (bicyclic) bond motifs is 1. The van der Waals surface area contributed by atoms with Gasteiger partial charge in [0.15, 0.2) is 0 Å². The van der Waals surface area contributed by atoms with Crippen LogP contribution in [0.1, 0.15) is 59.8 Å². The fraction of sp³-hybridized carbons (Fsp3) is 1.00. The van der Waals surface area contributed by atoms with Gasteiger partial charge in [0.05, 0.1) is 17.3 Å². The molecule has 0 aromatic rings. The van der Waals surface area contributed by atoms with Crippen molar-refractivity contribution in [2.45, 2.75) is 77.1 Å². The lowest BCUT2D eigenvalue weighted by atomic mass is 9.50. The largest absolute Gasteiger partial charge is 0.393 e. The third-order valence-corrected chi connectivity index (χ3v) is 5.96. The highest BCUT2D eigenvalue weighted by Gasteiger charge is 2.58. The summed E-state index contributed by atoms with van der Waals surface area (Å²) in [5, 5.41) is 31.7. The van der Waals surface area contributed by atoms with Gasteiger partial charge < -0.3 is 15.3 Å². The van der Waals surface area contributed by atoms with Crippen molar-refractivity contribution in [3.63, 3.8) is 0 Å². The van der Waals surface area contributed by atoms with Crippen LogP contribution in [0.15, 0.2) is 0 Å². The van der Waals surface area contributed by atoms with Gasteiger partial charge >= 0.3 is 0 Å². The molecular weight excluding hydrogens is 228 g/mol. The molecule has 0 aromatic carbocycles. The van der Waals surface area contributed by atoms with E-state index in [1.54, 1.807) is 0 Å². The highest BCUT2D eigenvalue weighted by Crippen LogP contribution is 2.57. The van der Waals surface area contributed by atoms with Crippen LogP contribution < -0.4 is 0 Å². The van der Waals surface area contributed by atoms with Gasteiger partial charge in [0, 0.05) is 0 Å². The number of aliphatic hydroxyl groups excluding tert-OH is 1. The maximum absolute atomic E-state index is 10.7. The standard InChI is InChI=1S/C15H28O3/c1-10(2)15(18)8-7-13(3)11(9-15)14(4,17)6-5-12(13)16/h10-12,16-18H,5-9H2,1-4H3/t11-,12+,13+,14-,15-/m0/s1. The lowest BCUT2D eigenvalue weighted by Crippen LogP contribution is -2.61. The summed E-state index contributed by atoms with van der Waals surface area (Å²) in [6, 6.07) is 0. The molecule has 0 amide bonds. The first-order valence-corrected chi connectivity index (χ1v) is 7.25. The molecule has 0 unspecified atom stereocenters. The monoisotopic (exact) mass is 256 g/mol. The summed E-state index contributed by atoms with van der Waals surface area (Å²) in [5.41, 5.74) is -1.70. The van der Waals surface area contributed by atoms with Crippen LogP contribution in [-0.4, -0.2) is 32.6 Å². The Hall–Kier alpha value is -0.120. The quantitative estimate of drug-likeness (QED) is 0.673. The highest BCUT2D eigenvalue weighted by molar-refractivity contribution is 5.08. The van der Waals surface area contributed by atoms with E-state index in [2.05, 4.69) is 6.92 Å². The minimum absolute atomic E-state index is 0.0186. The predicted molar refractivity (Wildman–Crippen MR) is 71.1 cm³/mol. The summed E-state index contributed by atoms with van der Waals surface area (Å²) < 4.78 is 0. The van der Waals surface area contributed by atoms with Gasteiger partial charge in [-0.1, -0.05) is 20.8 Å². The zero-order valence-electron chi connectivity index (χ0n) is 12.1. The summed E-state index contributed by atoms with van der Waals surface area (Å²) in [6.07, 6.45) is 3.07. The third-order valence-electron chi connectivity index (χ3n) is 5.96. The average Bonchev–Trinajstić information content (AvgIpc) is 2.27. The van der Waals surface area contributed by atoms with Gasteiger partial charge in [0.1, 0.15) is 0 Å². The van der Waals surface area contributed by atoms with Crippen LogP contribution in [0.5, 0.6) is 0 Å². The van der Waals surface area contributed by atoms with Crippen LogP contribution in [0.3, 0.4) is 0 Å². The first-order valence-electron chi connectivity index (χ1n) is 7.25. The molecule has 0 aromatic heterocycles. The molecule has 2 saturated carbocycles. The molecule has 3 heteroatoms. The Bertz CT molecular complexity index is 326. The minimum Gasteiger partial charge on any atom is -0.393 e. The second-order valence-corrected chi connectivity index (χ2v) is 7.43. The lowest BCUT2D eigenvalue weighted by Gasteiger charge is -2.58. The van der Waals surface area contributed by atoms with Gasteiger partial charge in [-0.25, -0.2) is 0 Å². The molecule has 3 nitrogen and oxygen atoms in total. The summed E-state index contributed by atoms with van der Waals surface area (Å²) in [7, 11) is 0. The zero-order chi connectivity index (χ0) is 13.8. The Morgan fingerprint density at radius 2 is 1.67 bits per heavy atom. The zero-order valence-corrected chi connectivity index (χ0v) is 12.1. The van der Waals surface area contributed by atoms with Crippen molar-refractivity contribution in [3.05, 3.63) is 0 Å². The molecule has 2 fully saturated rings. The maximum atomic E-state index is 10.7. The van der Waals surface area contributed by atoms with Gasteiger partial charge in [-0.05, 0) is 56.3 Å². The maximum Gasteiger partial charge on any atom is 0.0674 e. The Morgan fingerprint density at radius 1 is 1.06 bits per heavy atom. The van der Waals surface area contributed by atoms with Crippen molar-refractivity contribution in [2.75, 3.05) is 0 Å². The first-order chi connectivity index (χ1) is 8.12. The van der Waals surface area contributed by atoms with E-state index >= 15 is 0 Å². The van der Waals surface area contributed by atoms with E-state index in [0.29, 0.717) is 19.3 Å². The molecule has 18 heavy (non-hydrogen) atoms. The number of hydrogen-bond donors (Lipinski definition) is 3. The van der Waals surface area contributed by atoms with E-state index in [4.69, 9.17) is 0 Å². The molecule has 0 aliphatic heterocycles. The van der Waals surface area contributed by atoms with E-state index < -0.39 is 11.2 Å². The van der Waals surface area contributed by atoms with E-state index in [-0.39, 0.29) is 23.4 Å². The van der Waals surface area contributed by atoms with Crippen molar-refractivity contribution < 1.29 is 15.3 Å². The van der Waals surface area contributed by atoms with Crippen LogP contribution >= 0.6 is 0 Å². The molecule has 2 aliphatic carbocycles. The number of rotatable bonds is 1. The van der Waals surface area contributed by atoms with Crippen molar-refractivity contribution in [1.29, 1.82) is 0 Å². The molecule has 0 heterocycles. The van der Waals surface area contributed by atoms with Gasteiger partial charge in [-0.15, -0.1) is 0 Å². The van der Waals surface area contributed by atoms with Gasteiger partial charge in [0.25, 0.3) is 0 Å².